The third-order valence-electron chi connectivity index (χ3n) is 5.78. The fourth-order valence-corrected chi connectivity index (χ4v) is 3.94. The minimum atomic E-state index is 0. The minimum absolute atomic E-state index is 0. The summed E-state index contributed by atoms with van der Waals surface area (Å²) in [5.74, 6) is 2.32. The van der Waals surface area contributed by atoms with E-state index in [0.29, 0.717) is 12.5 Å². The van der Waals surface area contributed by atoms with Gasteiger partial charge in [0.2, 0.25) is 0 Å². The Kier molecular flexibility index (Phi) is 11.8. The van der Waals surface area contributed by atoms with E-state index in [1.807, 2.05) is 7.05 Å². The van der Waals surface area contributed by atoms with Gasteiger partial charge in [-0.15, -0.1) is 24.0 Å². The normalized spacial score (nSPS) is 19.5. The number of likely N-dealkylation sites (tertiary alicyclic amines) is 1. The molecule has 0 amide bonds. The van der Waals surface area contributed by atoms with Crippen molar-refractivity contribution >= 4 is 29.9 Å². The second-order valence-corrected chi connectivity index (χ2v) is 8.26. The van der Waals surface area contributed by atoms with Crippen molar-refractivity contribution in [3.8, 4) is 5.75 Å². The maximum atomic E-state index is 6.14. The molecule has 1 atom stereocenters. The second kappa shape index (κ2) is 14.1. The number of ether oxygens (including phenoxy) is 2. The average molecular weight is 530 g/mol. The molecule has 1 aromatic rings. The molecule has 0 saturated carbocycles. The Morgan fingerprint density at radius 1 is 1.23 bits per heavy atom. The van der Waals surface area contributed by atoms with E-state index in [2.05, 4.69) is 45.6 Å². The predicted octanol–water partition coefficient (Wildman–Crippen LogP) is 3.57. The molecule has 0 bridgehead atoms. The molecule has 6 nitrogen and oxygen atoms in total. The zero-order valence-electron chi connectivity index (χ0n) is 18.6. The van der Waals surface area contributed by atoms with Crippen LogP contribution in [0.2, 0.25) is 0 Å². The molecule has 170 valence electrons. The number of nitrogens with one attached hydrogen (secondary N) is 2. The maximum absolute atomic E-state index is 6.14. The summed E-state index contributed by atoms with van der Waals surface area (Å²) in [4.78, 5) is 6.93. The fourth-order valence-electron chi connectivity index (χ4n) is 3.94. The number of nitrogens with zero attached hydrogens (tertiary/aromatic N) is 2. The number of hydrogen-bond acceptors (Lipinski definition) is 4. The Bertz CT molecular complexity index is 644. The van der Waals surface area contributed by atoms with Crippen LogP contribution in [0.25, 0.3) is 0 Å². The molecule has 2 fully saturated rings. The first-order valence-electron chi connectivity index (χ1n) is 11.2. The van der Waals surface area contributed by atoms with Crippen LogP contribution >= 0.6 is 24.0 Å². The molecule has 0 aromatic heterocycles. The number of halogens is 1. The first kappa shape index (κ1) is 25.2. The van der Waals surface area contributed by atoms with Crippen LogP contribution in [0, 0.1) is 12.8 Å². The third-order valence-corrected chi connectivity index (χ3v) is 5.78. The van der Waals surface area contributed by atoms with Gasteiger partial charge in [0.15, 0.2) is 5.96 Å². The highest BCUT2D eigenvalue weighted by Gasteiger charge is 2.17. The topological polar surface area (TPSA) is 58.1 Å². The van der Waals surface area contributed by atoms with E-state index in [1.165, 1.54) is 50.9 Å². The molecular weight excluding hydrogens is 491 g/mol. The van der Waals surface area contributed by atoms with Crippen molar-refractivity contribution in [3.63, 3.8) is 0 Å². The van der Waals surface area contributed by atoms with Crippen molar-refractivity contribution in [3.05, 3.63) is 29.3 Å². The minimum Gasteiger partial charge on any atom is -0.493 e. The SMILES string of the molecule is CN=C(NCCCCN1CCCC1)NCc1ccc(C)cc1OCC1CCOC1.I. The van der Waals surface area contributed by atoms with Crippen molar-refractivity contribution < 1.29 is 9.47 Å². The summed E-state index contributed by atoms with van der Waals surface area (Å²) in [6, 6.07) is 6.41. The van der Waals surface area contributed by atoms with Gasteiger partial charge in [-0.3, -0.25) is 4.99 Å². The van der Waals surface area contributed by atoms with Gasteiger partial charge >= 0.3 is 0 Å². The van der Waals surface area contributed by atoms with Gasteiger partial charge < -0.3 is 25.0 Å². The monoisotopic (exact) mass is 530 g/mol. The van der Waals surface area contributed by atoms with E-state index in [4.69, 9.17) is 9.47 Å². The Hall–Kier alpha value is -1.06. The molecule has 0 radical (unpaired) electrons. The van der Waals surface area contributed by atoms with Crippen LogP contribution in [0.3, 0.4) is 0 Å². The van der Waals surface area contributed by atoms with Crippen molar-refractivity contribution in [1.29, 1.82) is 0 Å². The number of unbranched alkanes of at least 4 members (excludes halogenated alkanes) is 1. The van der Waals surface area contributed by atoms with E-state index < -0.39 is 0 Å². The lowest BCUT2D eigenvalue weighted by Gasteiger charge is -2.17. The summed E-state index contributed by atoms with van der Waals surface area (Å²) < 4.78 is 11.6. The highest BCUT2D eigenvalue weighted by molar-refractivity contribution is 14.0. The standard InChI is InChI=1S/C23H38N4O2.HI/c1-19-7-8-21(22(15-19)29-18-20-9-14-28-17-20)16-26-23(24-2)25-10-3-4-11-27-12-5-6-13-27;/h7-8,15,20H,3-6,9-14,16-18H2,1-2H3,(H2,24,25,26);1H. The van der Waals surface area contributed by atoms with Crippen LogP contribution in [0.5, 0.6) is 5.75 Å². The van der Waals surface area contributed by atoms with E-state index in [0.717, 1.165) is 50.1 Å². The van der Waals surface area contributed by atoms with Crippen LogP contribution in [0.4, 0.5) is 0 Å². The van der Waals surface area contributed by atoms with E-state index in [9.17, 15) is 0 Å². The summed E-state index contributed by atoms with van der Waals surface area (Å²) in [6.45, 7) is 9.94. The summed E-state index contributed by atoms with van der Waals surface area (Å²) in [5.41, 5.74) is 2.37. The molecular formula is C23H39IN4O2. The number of aliphatic imine (C=N–C) groups is 1. The molecule has 7 heteroatoms. The van der Waals surface area contributed by atoms with Gasteiger partial charge in [0, 0.05) is 38.2 Å². The molecule has 2 N–H and O–H groups in total. The van der Waals surface area contributed by atoms with Crippen LogP contribution < -0.4 is 15.4 Å². The van der Waals surface area contributed by atoms with Gasteiger partial charge in [-0.2, -0.15) is 0 Å². The van der Waals surface area contributed by atoms with Gasteiger partial charge in [0.05, 0.1) is 13.2 Å². The molecule has 3 rings (SSSR count). The van der Waals surface area contributed by atoms with Crippen molar-refractivity contribution in [2.45, 2.75) is 45.6 Å². The smallest absolute Gasteiger partial charge is 0.191 e. The van der Waals surface area contributed by atoms with Gasteiger partial charge in [-0.1, -0.05) is 12.1 Å². The Labute approximate surface area is 199 Å². The largest absolute Gasteiger partial charge is 0.493 e. The molecule has 0 spiro atoms. The number of rotatable bonds is 10. The molecule has 30 heavy (non-hydrogen) atoms. The molecule has 0 aliphatic carbocycles. The molecule has 1 unspecified atom stereocenters. The Morgan fingerprint density at radius 2 is 2.07 bits per heavy atom. The van der Waals surface area contributed by atoms with Gasteiger partial charge in [0.1, 0.15) is 5.75 Å². The highest BCUT2D eigenvalue weighted by atomic mass is 127. The summed E-state index contributed by atoms with van der Waals surface area (Å²) in [5, 5.41) is 6.87. The fraction of sp³-hybridized carbons (Fsp3) is 0.696. The van der Waals surface area contributed by atoms with E-state index >= 15 is 0 Å². The van der Waals surface area contributed by atoms with Crippen molar-refractivity contribution in [2.24, 2.45) is 10.9 Å². The number of hydrogen-bond donors (Lipinski definition) is 2. The van der Waals surface area contributed by atoms with Crippen molar-refractivity contribution in [1.82, 2.24) is 15.5 Å². The summed E-state index contributed by atoms with van der Waals surface area (Å²) in [7, 11) is 1.83. The zero-order chi connectivity index (χ0) is 20.3. The van der Waals surface area contributed by atoms with Crippen LogP contribution in [0.15, 0.2) is 23.2 Å². The zero-order valence-corrected chi connectivity index (χ0v) is 21.0. The van der Waals surface area contributed by atoms with E-state index in [1.54, 1.807) is 0 Å². The summed E-state index contributed by atoms with van der Waals surface area (Å²) in [6.07, 6.45) is 6.24. The second-order valence-electron chi connectivity index (χ2n) is 8.26. The highest BCUT2D eigenvalue weighted by Crippen LogP contribution is 2.22. The lowest BCUT2D eigenvalue weighted by Crippen LogP contribution is -2.37. The molecule has 1 aromatic carbocycles. The predicted molar refractivity (Wildman–Crippen MR) is 134 cm³/mol. The molecule has 2 saturated heterocycles. The van der Waals surface area contributed by atoms with E-state index in [-0.39, 0.29) is 24.0 Å². The third kappa shape index (κ3) is 8.59. The quantitative estimate of drug-likeness (QED) is 0.210. The number of benzene rings is 1. The lowest BCUT2D eigenvalue weighted by molar-refractivity contribution is 0.166. The first-order valence-corrected chi connectivity index (χ1v) is 11.2. The molecule has 2 aliphatic rings. The average Bonchev–Trinajstić information content (AvgIpc) is 3.43. The maximum Gasteiger partial charge on any atom is 0.191 e. The van der Waals surface area contributed by atoms with Gasteiger partial charge in [0.25, 0.3) is 0 Å². The first-order chi connectivity index (χ1) is 14.2. The number of aryl methyl sites for hydroxylation is 1. The van der Waals surface area contributed by atoms with Crippen molar-refractivity contribution in [2.75, 3.05) is 53.0 Å². The van der Waals surface area contributed by atoms with Gasteiger partial charge in [-0.25, -0.2) is 0 Å². The lowest BCUT2D eigenvalue weighted by atomic mass is 10.1. The Balaban J connectivity index is 0.00000320. The van der Waals surface area contributed by atoms with Crippen LogP contribution in [-0.4, -0.2) is 63.9 Å². The van der Waals surface area contributed by atoms with Crippen LogP contribution in [-0.2, 0) is 11.3 Å². The number of guanidine groups is 1. The molecule has 2 aliphatic heterocycles. The summed E-state index contributed by atoms with van der Waals surface area (Å²) >= 11 is 0. The molecule has 2 heterocycles. The van der Waals surface area contributed by atoms with Gasteiger partial charge in [-0.05, 0) is 70.3 Å². The Morgan fingerprint density at radius 3 is 2.80 bits per heavy atom. The van der Waals surface area contributed by atoms with Crippen LogP contribution in [0.1, 0.15) is 43.2 Å².